The molecule has 8 aromatic heterocycles. The molecule has 0 radical (unpaired) electrons. The van der Waals surface area contributed by atoms with Crippen LogP contribution >= 0.6 is 0 Å². The van der Waals surface area contributed by atoms with Crippen LogP contribution in [0.1, 0.15) is 75.1 Å². The number of nitrogens with zero attached hydrogens (tertiary/aromatic N) is 20. The zero-order chi connectivity index (χ0) is 86.8. The lowest BCUT2D eigenvalue weighted by Crippen LogP contribution is -2.42. The number of aromatic nitrogens is 16. The van der Waals surface area contributed by atoms with Crippen LogP contribution in [0.15, 0.2) is 156 Å². The molecule has 1 saturated heterocycles. The lowest BCUT2D eigenvalue weighted by Gasteiger charge is -2.32. The number of anilines is 4. The van der Waals surface area contributed by atoms with Crippen molar-refractivity contribution in [2.24, 2.45) is 16.1 Å². The van der Waals surface area contributed by atoms with Gasteiger partial charge in [0.2, 0.25) is 23.5 Å². The van der Waals surface area contributed by atoms with Crippen LogP contribution < -0.4 is 39.4 Å². The fourth-order valence-electron chi connectivity index (χ4n) is 13.4. The molecule has 3 N–H and O–H groups in total. The number of benzene rings is 4. The molecule has 1 aliphatic carbocycles. The topological polar surface area (TPSA) is 330 Å². The van der Waals surface area contributed by atoms with Gasteiger partial charge in [0.25, 0.3) is 6.47 Å². The van der Waals surface area contributed by atoms with E-state index in [0.29, 0.717) is 125 Å². The molecular weight excluding hydrogens is 1620 g/mol. The van der Waals surface area contributed by atoms with E-state index >= 15 is 0 Å². The highest BCUT2D eigenvalue weighted by molar-refractivity contribution is 8.00. The molecule has 122 heavy (non-hydrogen) atoms. The molecule has 2 aliphatic heterocycles. The predicted octanol–water partition coefficient (Wildman–Crippen LogP) is 12.2. The number of halogens is 8. The first-order valence-electron chi connectivity index (χ1n) is 38.4. The Hall–Kier alpha value is -13.3. The number of aliphatic hydroxyl groups excluding tert-OH is 1. The Labute approximate surface area is 696 Å². The number of rotatable bonds is 29. The molecular formula is C83H88F8N22O8S. The standard InChI is InChI=1S/C23H25F2N5O3.C22H23F2N7O.C20H21F2N5O2S.C18H19F2N5O2/c1-29(14-23(33-15-31)9-5-6-10-23)22-18(25)12-26-21(27-22)19-11-20(32-2)30(28-19)13-16-7-3-4-8-17(16)24;1-13(2)20(17-8-9-26-29-17)27-21-16(24)11-25-22(28-21)18-10-19(32-3)31(30-18)12-14-6-4-5-7-15(14)23;1-29-18-11-17(25-27(18)13-14-5-3-4-6-15(14)21)19-23-12-16(22)20(24-19)26-7-9-30(2,28)10-8-26;1-11(26)8-21-17-14(20)9-22-18(23-17)15-7-16(27-2)25(24-15)10-12-5-3-4-6-13(12)19/h3-4,7-8,11-12,15H,5-6,9-10,13-14H2,1-2H3;4-7,9-11,13,20H,8,12H2,1-3H3,(H,25,27,28);3-6,11-12H,2,7-10,13H2,1H3;3-7,9,11,26H,8,10H2,1-2H3,(H,21,22,23). The van der Waals surface area contributed by atoms with E-state index in [1.165, 1.54) is 71.4 Å². The summed E-state index contributed by atoms with van der Waals surface area (Å²) in [6.45, 7) is 7.92. The summed E-state index contributed by atoms with van der Waals surface area (Å²) in [6.07, 6.45) is 9.26. The molecule has 1 saturated carbocycles. The van der Waals surface area contributed by atoms with Crippen molar-refractivity contribution in [3.63, 3.8) is 0 Å². The molecule has 15 rings (SSSR count). The van der Waals surface area contributed by atoms with Gasteiger partial charge in [-0.15, -0.1) is 0 Å². The smallest absolute Gasteiger partial charge is 0.293 e. The minimum absolute atomic E-state index is 0.0384. The Morgan fingerprint density at radius 1 is 0.541 bits per heavy atom. The third-order valence-corrected chi connectivity index (χ3v) is 21.5. The van der Waals surface area contributed by atoms with Gasteiger partial charge in [0.15, 0.2) is 69.8 Å². The Morgan fingerprint density at radius 3 is 1.31 bits per heavy atom. The van der Waals surface area contributed by atoms with Crippen molar-refractivity contribution in [1.82, 2.24) is 79.0 Å². The van der Waals surface area contributed by atoms with Gasteiger partial charge in [0, 0.05) is 97.3 Å². The van der Waals surface area contributed by atoms with Crippen molar-refractivity contribution < 1.29 is 72.9 Å². The number of hydrogen-bond donors (Lipinski definition) is 3. The average Bonchev–Trinajstić information content (AvgIpc) is 1.61. The number of aliphatic hydroxyl groups is 1. The SMILES string of the molecule is C=S1(=O)CCN(c2nc(-c3cc(OC)n(Cc4ccccc4F)n3)ncc2F)CC1.COc1cc(-c2ncc(F)c(N(C)CC3(OC=O)CCCC3)n2)nn1Cc1ccccc1F.COc1cc(-c2ncc(F)c(NC(C3=NN=CC3)C(C)C)n2)nn1Cc1ccccc1F.COc1cc(-c2ncc(F)c(NCC(C)O)n2)nn1Cc1ccccc1F. The highest BCUT2D eigenvalue weighted by Gasteiger charge is 2.38. The third-order valence-electron chi connectivity index (χ3n) is 19.7. The molecule has 2 unspecified atom stereocenters. The summed E-state index contributed by atoms with van der Waals surface area (Å²) >= 11 is 0. The van der Waals surface area contributed by atoms with Gasteiger partial charge in [-0.2, -0.15) is 30.6 Å². The number of ether oxygens (including phenoxy) is 5. The maximum atomic E-state index is 14.6. The largest absolute Gasteiger partial charge is 0.481 e. The molecule has 12 aromatic rings. The predicted molar refractivity (Wildman–Crippen MR) is 443 cm³/mol. The van der Waals surface area contributed by atoms with E-state index < -0.39 is 44.5 Å². The molecule has 10 heterocycles. The van der Waals surface area contributed by atoms with Crippen molar-refractivity contribution in [3.8, 4) is 69.6 Å². The van der Waals surface area contributed by atoms with Crippen LogP contribution in [-0.2, 0) is 45.2 Å². The first kappa shape index (κ1) is 88.0. The lowest BCUT2D eigenvalue weighted by molar-refractivity contribution is -0.142. The second-order valence-corrected chi connectivity index (χ2v) is 31.6. The Balaban J connectivity index is 0.000000149. The molecule has 640 valence electrons. The highest BCUT2D eigenvalue weighted by Crippen LogP contribution is 2.36. The van der Waals surface area contributed by atoms with Gasteiger partial charge in [-0.1, -0.05) is 86.6 Å². The van der Waals surface area contributed by atoms with Crippen LogP contribution in [0.5, 0.6) is 23.5 Å². The molecule has 0 bridgehead atoms. The van der Waals surface area contributed by atoms with Gasteiger partial charge < -0.3 is 49.2 Å². The third kappa shape index (κ3) is 22.0. The Kier molecular flexibility index (Phi) is 29.0. The summed E-state index contributed by atoms with van der Waals surface area (Å²) < 4.78 is 158. The number of carbonyl (C=O) groups is 1. The number of nitrogens with one attached hydrogen (secondary N) is 2. The minimum atomic E-state index is -2.11. The van der Waals surface area contributed by atoms with Crippen LogP contribution in [0.2, 0.25) is 0 Å². The molecule has 3 aliphatic rings. The summed E-state index contributed by atoms with van der Waals surface area (Å²) in [6, 6.07) is 31.8. The number of methoxy groups -OCH3 is 4. The summed E-state index contributed by atoms with van der Waals surface area (Å²) in [5, 5.41) is 40.9. The van der Waals surface area contributed by atoms with Crippen LogP contribution in [0.3, 0.4) is 0 Å². The summed E-state index contributed by atoms with van der Waals surface area (Å²) in [7, 11) is 5.52. The van der Waals surface area contributed by atoms with Crippen LogP contribution in [0, 0.1) is 52.5 Å². The van der Waals surface area contributed by atoms with Crippen molar-refractivity contribution >= 4 is 57.1 Å². The molecule has 2 fully saturated rings. The van der Waals surface area contributed by atoms with Crippen molar-refractivity contribution in [2.45, 2.75) is 96.8 Å². The van der Waals surface area contributed by atoms with Gasteiger partial charge in [0.05, 0.1) is 104 Å². The first-order chi connectivity index (χ1) is 58.7. The summed E-state index contributed by atoms with van der Waals surface area (Å²) in [4.78, 5) is 47.8. The van der Waals surface area contributed by atoms with Crippen molar-refractivity contribution in [1.29, 1.82) is 0 Å². The number of likely N-dealkylation sites (N-methyl/N-ethyl adjacent to an activating group) is 1. The molecule has 39 heteroatoms. The second kappa shape index (κ2) is 40.2. The van der Waals surface area contributed by atoms with E-state index in [-0.39, 0.29) is 115 Å². The molecule has 30 nitrogen and oxygen atoms in total. The molecule has 0 spiro atoms. The summed E-state index contributed by atoms with van der Waals surface area (Å²) in [5.41, 5.74) is 3.44. The van der Waals surface area contributed by atoms with Crippen LogP contribution in [-0.4, -0.2) is 203 Å². The maximum Gasteiger partial charge on any atom is 0.293 e. The molecule has 2 atom stereocenters. The normalized spacial score (nSPS) is 14.2. The van der Waals surface area contributed by atoms with E-state index in [2.05, 4.69) is 87.0 Å². The van der Waals surface area contributed by atoms with Gasteiger partial charge in [0.1, 0.15) is 51.6 Å². The zero-order valence-corrected chi connectivity index (χ0v) is 68.6. The van der Waals surface area contributed by atoms with E-state index in [1.807, 2.05) is 13.8 Å². The zero-order valence-electron chi connectivity index (χ0n) is 67.7. The second-order valence-electron chi connectivity index (χ2n) is 28.8. The fraction of sp³-hybridized carbons (Fsp3) is 0.325. The van der Waals surface area contributed by atoms with Crippen molar-refractivity contribution in [3.05, 3.63) is 215 Å². The minimum Gasteiger partial charge on any atom is -0.481 e. The van der Waals surface area contributed by atoms with Crippen LogP contribution in [0.4, 0.5) is 58.4 Å². The highest BCUT2D eigenvalue weighted by atomic mass is 32.2. The van der Waals surface area contributed by atoms with Crippen LogP contribution in [0.25, 0.3) is 46.1 Å². The van der Waals surface area contributed by atoms with E-state index in [9.17, 15) is 49.2 Å². The monoisotopic (exact) mass is 1700 g/mol. The summed E-state index contributed by atoms with van der Waals surface area (Å²) in [5.74, 6) is 3.47. The van der Waals surface area contributed by atoms with Gasteiger partial charge in [-0.25, -0.2) is 93.7 Å². The first-order valence-corrected chi connectivity index (χ1v) is 40.5. The molecule has 4 aromatic carbocycles. The van der Waals surface area contributed by atoms with E-state index in [1.54, 1.807) is 127 Å². The quantitative estimate of drug-likeness (QED) is 0.0223. The number of hydrogen-bond acceptors (Lipinski definition) is 26. The maximum absolute atomic E-state index is 14.6. The van der Waals surface area contributed by atoms with Gasteiger partial charge in [-0.05, 0) is 78.2 Å². The lowest BCUT2D eigenvalue weighted by atomic mass is 9.97. The van der Waals surface area contributed by atoms with Crippen molar-refractivity contribution in [2.75, 3.05) is 93.6 Å². The van der Waals surface area contributed by atoms with Gasteiger partial charge >= 0.3 is 0 Å². The van der Waals surface area contributed by atoms with Gasteiger partial charge in [-0.3, -0.25) is 9.00 Å². The average molecular weight is 1710 g/mol. The Bertz CT molecular complexity index is 5790. The fourth-order valence-corrected chi connectivity index (χ4v) is 14.7. The molecule has 0 amide bonds. The van der Waals surface area contributed by atoms with E-state index in [4.69, 9.17) is 23.7 Å². The van der Waals surface area contributed by atoms with E-state index in [0.717, 1.165) is 43.3 Å². The Morgan fingerprint density at radius 2 is 0.926 bits per heavy atom. The number of carbonyl (C=O) groups excluding carboxylic acids is 1.